The molecule has 0 aliphatic carbocycles. The van der Waals surface area contributed by atoms with Gasteiger partial charge in [-0.3, -0.25) is 19.0 Å². The molecular formula is C28H24N6O5S. The molecule has 11 nitrogen and oxygen atoms in total. The van der Waals surface area contributed by atoms with E-state index in [4.69, 9.17) is 5.73 Å². The molecule has 0 bridgehead atoms. The van der Waals surface area contributed by atoms with Crippen LogP contribution in [0.25, 0.3) is 0 Å². The third-order valence-corrected chi connectivity index (χ3v) is 7.13. The van der Waals surface area contributed by atoms with E-state index in [9.17, 15) is 23.7 Å². The molecule has 1 unspecified atom stereocenters. The molecule has 0 radical (unpaired) electrons. The van der Waals surface area contributed by atoms with Gasteiger partial charge in [0.1, 0.15) is 11.5 Å². The molecule has 0 fully saturated rings. The lowest BCUT2D eigenvalue weighted by atomic mass is 10.1. The van der Waals surface area contributed by atoms with Crippen molar-refractivity contribution in [2.75, 3.05) is 11.1 Å². The first kappa shape index (κ1) is 27.6. The quantitative estimate of drug-likeness (QED) is 0.207. The van der Waals surface area contributed by atoms with Crippen molar-refractivity contribution in [3.05, 3.63) is 101 Å². The SMILES string of the molecule is C=S(=O)(NC(=O)c1cnc(N)c(C#Cc2cccc(NC(=O)c3cc(C)nn3C)c2)c1)c1cccc(C(=O)O)c1. The second-order valence-corrected chi connectivity index (χ2v) is 10.7. The number of nitrogens with two attached hydrogens (primary N) is 1. The molecule has 0 spiro atoms. The van der Waals surface area contributed by atoms with Crippen molar-refractivity contribution in [3.8, 4) is 11.8 Å². The topological polar surface area (TPSA) is 169 Å². The van der Waals surface area contributed by atoms with Crippen molar-refractivity contribution < 1.29 is 23.7 Å². The Morgan fingerprint density at radius 2 is 1.77 bits per heavy atom. The highest BCUT2D eigenvalue weighted by atomic mass is 32.2. The number of nitrogens with one attached hydrogen (secondary N) is 2. The first-order chi connectivity index (χ1) is 18.9. The minimum Gasteiger partial charge on any atom is -0.478 e. The van der Waals surface area contributed by atoms with E-state index in [0.29, 0.717) is 16.9 Å². The van der Waals surface area contributed by atoms with E-state index < -0.39 is 21.6 Å². The summed E-state index contributed by atoms with van der Waals surface area (Å²) in [5.74, 6) is 7.16. The lowest BCUT2D eigenvalue weighted by molar-refractivity contribution is 0.0696. The molecule has 5 N–H and O–H groups in total. The monoisotopic (exact) mass is 556 g/mol. The number of hydrogen-bond acceptors (Lipinski definition) is 7. The maximum absolute atomic E-state index is 13.1. The molecule has 4 rings (SSSR count). The maximum Gasteiger partial charge on any atom is 0.335 e. The van der Waals surface area contributed by atoms with Gasteiger partial charge in [0.25, 0.3) is 11.8 Å². The first-order valence-electron chi connectivity index (χ1n) is 11.7. The zero-order valence-corrected chi connectivity index (χ0v) is 22.3. The van der Waals surface area contributed by atoms with Crippen LogP contribution in [0.5, 0.6) is 0 Å². The number of pyridine rings is 1. The minimum atomic E-state index is -3.38. The van der Waals surface area contributed by atoms with Crippen LogP contribution in [0.3, 0.4) is 0 Å². The molecule has 2 amide bonds. The Balaban J connectivity index is 1.52. The van der Waals surface area contributed by atoms with Crippen LogP contribution in [-0.2, 0) is 16.8 Å². The molecule has 2 heterocycles. The molecule has 4 aromatic rings. The van der Waals surface area contributed by atoms with Crippen LogP contribution in [0.15, 0.2) is 71.8 Å². The lowest BCUT2D eigenvalue weighted by Gasteiger charge is -2.12. The molecule has 40 heavy (non-hydrogen) atoms. The summed E-state index contributed by atoms with van der Waals surface area (Å²) in [5.41, 5.74) is 8.35. The van der Waals surface area contributed by atoms with Crippen LogP contribution < -0.4 is 15.8 Å². The van der Waals surface area contributed by atoms with Gasteiger partial charge in [-0.2, -0.15) is 5.10 Å². The van der Waals surface area contributed by atoms with Crippen molar-refractivity contribution >= 4 is 44.9 Å². The van der Waals surface area contributed by atoms with Gasteiger partial charge in [0.15, 0.2) is 0 Å². The summed E-state index contributed by atoms with van der Waals surface area (Å²) in [6.45, 7) is 1.80. The molecular weight excluding hydrogens is 532 g/mol. The number of anilines is 2. The van der Waals surface area contributed by atoms with Gasteiger partial charge in [0.2, 0.25) is 0 Å². The van der Waals surface area contributed by atoms with Crippen LogP contribution in [-0.4, -0.2) is 47.7 Å². The van der Waals surface area contributed by atoms with Crippen LogP contribution in [0, 0.1) is 18.8 Å². The number of benzene rings is 2. The van der Waals surface area contributed by atoms with Gasteiger partial charge < -0.3 is 16.2 Å². The summed E-state index contributed by atoms with van der Waals surface area (Å²) >= 11 is 0. The van der Waals surface area contributed by atoms with Crippen LogP contribution in [0.4, 0.5) is 11.5 Å². The Morgan fingerprint density at radius 3 is 2.48 bits per heavy atom. The zero-order chi connectivity index (χ0) is 29.0. The predicted octanol–water partition coefficient (Wildman–Crippen LogP) is 2.48. The van der Waals surface area contributed by atoms with Gasteiger partial charge in [-0.05, 0) is 61.3 Å². The summed E-state index contributed by atoms with van der Waals surface area (Å²) in [6.07, 6.45) is 1.20. The van der Waals surface area contributed by atoms with E-state index in [1.807, 2.05) is 0 Å². The largest absolute Gasteiger partial charge is 0.478 e. The number of aromatic carboxylic acids is 1. The maximum atomic E-state index is 13.1. The lowest BCUT2D eigenvalue weighted by Crippen LogP contribution is -2.30. The highest BCUT2D eigenvalue weighted by molar-refractivity contribution is 7.99. The van der Waals surface area contributed by atoms with E-state index in [2.05, 4.69) is 37.8 Å². The number of aryl methyl sites for hydroxylation is 2. The van der Waals surface area contributed by atoms with Crippen LogP contribution in [0.2, 0.25) is 0 Å². The Morgan fingerprint density at radius 1 is 1.02 bits per heavy atom. The van der Waals surface area contributed by atoms with Gasteiger partial charge >= 0.3 is 5.97 Å². The minimum absolute atomic E-state index is 0.0248. The van der Waals surface area contributed by atoms with Gasteiger partial charge in [-0.15, -0.1) is 0 Å². The highest BCUT2D eigenvalue weighted by Crippen LogP contribution is 2.16. The van der Waals surface area contributed by atoms with Crippen molar-refractivity contribution in [1.82, 2.24) is 19.5 Å². The number of hydrogen-bond donors (Lipinski definition) is 4. The number of carbonyl (C=O) groups excluding carboxylic acids is 2. The summed E-state index contributed by atoms with van der Waals surface area (Å²) in [4.78, 5) is 40.8. The average Bonchev–Trinajstić information content (AvgIpc) is 3.26. The van der Waals surface area contributed by atoms with E-state index in [0.717, 1.165) is 5.69 Å². The normalized spacial score (nSPS) is 11.9. The fourth-order valence-electron chi connectivity index (χ4n) is 3.63. The first-order valence-corrected chi connectivity index (χ1v) is 13.4. The van der Waals surface area contributed by atoms with E-state index in [1.165, 1.54) is 41.2 Å². The molecule has 2 aromatic heterocycles. The predicted molar refractivity (Wildman–Crippen MR) is 151 cm³/mol. The second-order valence-electron chi connectivity index (χ2n) is 8.68. The van der Waals surface area contributed by atoms with Crippen molar-refractivity contribution in [2.45, 2.75) is 11.8 Å². The smallest absolute Gasteiger partial charge is 0.335 e. The molecule has 0 aliphatic rings. The molecule has 202 valence electrons. The molecule has 2 aromatic carbocycles. The third kappa shape index (κ3) is 6.35. The summed E-state index contributed by atoms with van der Waals surface area (Å²) < 4.78 is 16.9. The standard InChI is InChI=1S/C28H24N6O5S/c1-17-12-24(34(2)32-17)27(36)31-22-8-4-6-18(13-22)10-11-19-14-21(16-30-25(19)29)26(35)33-40(3,39)23-9-5-7-20(15-23)28(37)38/h4-9,12-16H,3H2,1-2H3,(H2,29,30)(H,31,36)(H,37,38)(H,33,35,39). The van der Waals surface area contributed by atoms with Gasteiger partial charge in [0.05, 0.1) is 37.0 Å². The second kappa shape index (κ2) is 11.1. The Kier molecular flexibility index (Phi) is 7.69. The van der Waals surface area contributed by atoms with Crippen molar-refractivity contribution in [2.24, 2.45) is 7.05 Å². The van der Waals surface area contributed by atoms with Gasteiger partial charge in [0, 0.05) is 24.5 Å². The number of carboxylic acids is 1. The van der Waals surface area contributed by atoms with E-state index >= 15 is 0 Å². The summed E-state index contributed by atoms with van der Waals surface area (Å²) in [6, 6.07) is 15.3. The van der Waals surface area contributed by atoms with Gasteiger partial charge in [-0.1, -0.05) is 24.0 Å². The van der Waals surface area contributed by atoms with E-state index in [1.54, 1.807) is 44.3 Å². The fourth-order valence-corrected chi connectivity index (χ4v) is 4.78. The van der Waals surface area contributed by atoms with Crippen LogP contribution in [0.1, 0.15) is 48.0 Å². The molecule has 1 atom stereocenters. The molecule has 0 aliphatic heterocycles. The summed E-state index contributed by atoms with van der Waals surface area (Å²) in [7, 11) is -1.69. The highest BCUT2D eigenvalue weighted by Gasteiger charge is 2.17. The third-order valence-electron chi connectivity index (χ3n) is 5.60. The molecule has 0 saturated heterocycles. The number of nitrogens with zero attached hydrogens (tertiary/aromatic N) is 3. The Bertz CT molecular complexity index is 1830. The number of rotatable bonds is 6. The average molecular weight is 557 g/mol. The molecule has 12 heteroatoms. The zero-order valence-electron chi connectivity index (χ0n) is 21.5. The van der Waals surface area contributed by atoms with Crippen LogP contribution >= 0.6 is 0 Å². The number of nitrogen functional groups attached to an aromatic ring is 1. The number of carbonyl (C=O) groups is 3. The van der Waals surface area contributed by atoms with Crippen molar-refractivity contribution in [3.63, 3.8) is 0 Å². The number of aromatic nitrogens is 3. The fraction of sp³-hybridized carbons (Fsp3) is 0.0714. The Labute approximate surface area is 230 Å². The van der Waals surface area contributed by atoms with E-state index in [-0.39, 0.29) is 33.3 Å². The number of amides is 2. The number of carboxylic acid groups (broad SMARTS) is 1. The van der Waals surface area contributed by atoms with Crippen molar-refractivity contribution in [1.29, 1.82) is 0 Å². The van der Waals surface area contributed by atoms with Gasteiger partial charge in [-0.25, -0.2) is 14.0 Å². The Hall–Kier alpha value is -5.41. The molecule has 0 saturated carbocycles. The summed E-state index contributed by atoms with van der Waals surface area (Å²) in [5, 5.41) is 16.2.